The van der Waals surface area contributed by atoms with Crippen LogP contribution in [0.25, 0.3) is 6.08 Å². The van der Waals surface area contributed by atoms with Gasteiger partial charge >= 0.3 is 5.97 Å². The van der Waals surface area contributed by atoms with Crippen molar-refractivity contribution in [3.8, 4) is 0 Å². The van der Waals surface area contributed by atoms with Gasteiger partial charge in [-0.2, -0.15) is 0 Å². The Hall–Kier alpha value is -2.63. The van der Waals surface area contributed by atoms with E-state index in [-0.39, 0.29) is 17.5 Å². The summed E-state index contributed by atoms with van der Waals surface area (Å²) in [5.41, 5.74) is 1.38. The topological polar surface area (TPSA) is 84.5 Å². The molecule has 0 aliphatic rings. The van der Waals surface area contributed by atoms with Crippen LogP contribution < -0.4 is 10.6 Å². The van der Waals surface area contributed by atoms with Crippen molar-refractivity contribution in [1.29, 1.82) is 0 Å². The Labute approximate surface area is 116 Å². The van der Waals surface area contributed by atoms with E-state index in [1.165, 1.54) is 27.0 Å². The summed E-state index contributed by atoms with van der Waals surface area (Å²) in [4.78, 5) is 33.4. The van der Waals surface area contributed by atoms with E-state index < -0.39 is 5.97 Å². The molecule has 0 spiro atoms. The Bertz CT molecular complexity index is 547. The molecule has 2 amide bonds. The molecule has 0 unspecified atom stereocenters. The number of rotatable bonds is 4. The van der Waals surface area contributed by atoms with Crippen molar-refractivity contribution in [1.82, 2.24) is 5.32 Å². The number of nitrogens with one attached hydrogen (secondary N) is 2. The minimum atomic E-state index is -0.633. The Morgan fingerprint density at radius 1 is 1.05 bits per heavy atom. The molecule has 6 heteroatoms. The highest BCUT2D eigenvalue weighted by atomic mass is 16.5. The molecule has 1 aromatic carbocycles. The highest BCUT2D eigenvalue weighted by Gasteiger charge is 2.10. The van der Waals surface area contributed by atoms with Gasteiger partial charge in [-0.3, -0.25) is 9.59 Å². The normalized spacial score (nSPS) is 10.7. The summed E-state index contributed by atoms with van der Waals surface area (Å²) < 4.78 is 4.58. The average Bonchev–Trinajstić information content (AvgIpc) is 2.38. The van der Waals surface area contributed by atoms with Gasteiger partial charge < -0.3 is 15.4 Å². The highest BCUT2D eigenvalue weighted by Crippen LogP contribution is 2.12. The van der Waals surface area contributed by atoms with Gasteiger partial charge in [-0.25, -0.2) is 4.79 Å². The number of hydrogen-bond donors (Lipinski definition) is 2. The van der Waals surface area contributed by atoms with Crippen molar-refractivity contribution in [2.24, 2.45) is 0 Å². The van der Waals surface area contributed by atoms with Crippen LogP contribution in [0.4, 0.5) is 5.69 Å². The van der Waals surface area contributed by atoms with Gasteiger partial charge in [0.2, 0.25) is 11.8 Å². The van der Waals surface area contributed by atoms with Gasteiger partial charge in [0, 0.05) is 19.5 Å². The van der Waals surface area contributed by atoms with Gasteiger partial charge in [-0.15, -0.1) is 0 Å². The van der Waals surface area contributed by atoms with Crippen LogP contribution in [0.3, 0.4) is 0 Å². The lowest BCUT2D eigenvalue weighted by atomic mass is 10.1. The monoisotopic (exact) mass is 276 g/mol. The third-order valence-electron chi connectivity index (χ3n) is 2.26. The largest absolute Gasteiger partial charge is 0.464 e. The molecule has 1 aromatic rings. The van der Waals surface area contributed by atoms with Crippen molar-refractivity contribution in [3.05, 3.63) is 35.5 Å². The summed E-state index contributed by atoms with van der Waals surface area (Å²) >= 11 is 0. The molecule has 0 saturated heterocycles. The van der Waals surface area contributed by atoms with Crippen molar-refractivity contribution >= 4 is 29.5 Å². The number of benzene rings is 1. The second kappa shape index (κ2) is 7.08. The van der Waals surface area contributed by atoms with E-state index in [0.717, 1.165) is 0 Å². The van der Waals surface area contributed by atoms with E-state index in [4.69, 9.17) is 0 Å². The van der Waals surface area contributed by atoms with Crippen LogP contribution in [0.15, 0.2) is 30.0 Å². The fourth-order valence-corrected chi connectivity index (χ4v) is 1.48. The van der Waals surface area contributed by atoms with Gasteiger partial charge in [0.15, 0.2) is 0 Å². The van der Waals surface area contributed by atoms with Crippen molar-refractivity contribution in [2.75, 3.05) is 12.4 Å². The second-order valence-corrected chi connectivity index (χ2v) is 4.03. The Morgan fingerprint density at radius 2 is 1.65 bits per heavy atom. The minimum absolute atomic E-state index is 0.0484. The quantitative estimate of drug-likeness (QED) is 0.641. The van der Waals surface area contributed by atoms with Gasteiger partial charge in [-0.1, -0.05) is 12.1 Å². The maximum absolute atomic E-state index is 11.5. The number of esters is 1. The van der Waals surface area contributed by atoms with E-state index >= 15 is 0 Å². The van der Waals surface area contributed by atoms with E-state index in [0.29, 0.717) is 11.3 Å². The Morgan fingerprint density at radius 3 is 2.10 bits per heavy atom. The molecule has 0 aliphatic heterocycles. The lowest BCUT2D eigenvalue weighted by Gasteiger charge is -2.06. The first-order valence-corrected chi connectivity index (χ1v) is 5.87. The smallest absolute Gasteiger partial charge is 0.354 e. The fraction of sp³-hybridized carbons (Fsp3) is 0.214. The summed E-state index contributed by atoms with van der Waals surface area (Å²) in [6.07, 6.45) is 1.49. The van der Waals surface area contributed by atoms with Crippen LogP contribution in [0.2, 0.25) is 0 Å². The highest BCUT2D eigenvalue weighted by molar-refractivity contribution is 5.97. The predicted octanol–water partition coefficient (Wildman–Crippen LogP) is 1.29. The molecule has 106 valence electrons. The predicted molar refractivity (Wildman–Crippen MR) is 74.6 cm³/mol. The molecular formula is C14H16N2O4. The third kappa shape index (κ3) is 4.93. The zero-order valence-corrected chi connectivity index (χ0v) is 11.5. The fourth-order valence-electron chi connectivity index (χ4n) is 1.48. The molecule has 0 radical (unpaired) electrons. The lowest BCUT2D eigenvalue weighted by Crippen LogP contribution is -2.25. The number of ether oxygens (including phenoxy) is 1. The van der Waals surface area contributed by atoms with Gasteiger partial charge in [0.1, 0.15) is 5.70 Å². The number of carbonyl (C=O) groups is 3. The van der Waals surface area contributed by atoms with E-state index in [1.807, 2.05) is 0 Å². The summed E-state index contributed by atoms with van der Waals surface area (Å²) in [6.45, 7) is 2.72. The maximum Gasteiger partial charge on any atom is 0.354 e. The lowest BCUT2D eigenvalue weighted by molar-refractivity contribution is -0.137. The molecule has 0 atom stereocenters. The molecule has 6 nitrogen and oxygen atoms in total. The van der Waals surface area contributed by atoms with E-state index in [1.54, 1.807) is 24.3 Å². The number of carbonyl (C=O) groups excluding carboxylic acids is 3. The zero-order chi connectivity index (χ0) is 15.1. The molecule has 20 heavy (non-hydrogen) atoms. The van der Waals surface area contributed by atoms with Crippen LogP contribution in [0.1, 0.15) is 19.4 Å². The van der Waals surface area contributed by atoms with Crippen LogP contribution in [0, 0.1) is 0 Å². The maximum atomic E-state index is 11.5. The number of anilines is 1. The van der Waals surface area contributed by atoms with E-state index in [9.17, 15) is 14.4 Å². The molecule has 0 aliphatic carbocycles. The molecule has 2 N–H and O–H groups in total. The molecule has 0 bridgehead atoms. The third-order valence-corrected chi connectivity index (χ3v) is 2.26. The summed E-state index contributed by atoms with van der Waals surface area (Å²) in [6, 6.07) is 6.79. The molecule has 0 saturated carbocycles. The SMILES string of the molecule is COC(=O)/C(=C/c1ccc(NC(C)=O)cc1)NC(C)=O. The molecule has 0 aromatic heterocycles. The molecule has 0 heterocycles. The summed E-state index contributed by atoms with van der Waals surface area (Å²) in [5, 5.41) is 5.03. The van der Waals surface area contributed by atoms with Crippen molar-refractivity contribution < 1.29 is 19.1 Å². The van der Waals surface area contributed by atoms with E-state index in [2.05, 4.69) is 15.4 Å². The molecule has 0 fully saturated rings. The molecule has 1 rings (SSSR count). The number of methoxy groups -OCH3 is 1. The number of hydrogen-bond acceptors (Lipinski definition) is 4. The Kier molecular flexibility index (Phi) is 5.46. The van der Waals surface area contributed by atoms with Gasteiger partial charge in [0.25, 0.3) is 0 Å². The molecular weight excluding hydrogens is 260 g/mol. The standard InChI is InChI=1S/C14H16N2O4/c1-9(17)15-12-6-4-11(5-7-12)8-13(14(19)20-3)16-10(2)18/h4-8H,1-3H3,(H,15,17)(H,16,18)/b13-8-. The van der Waals surface area contributed by atoms with Crippen LogP contribution in [0.5, 0.6) is 0 Å². The van der Waals surface area contributed by atoms with Gasteiger partial charge in [-0.05, 0) is 23.8 Å². The second-order valence-electron chi connectivity index (χ2n) is 4.03. The van der Waals surface area contributed by atoms with Crippen LogP contribution in [-0.4, -0.2) is 24.9 Å². The first-order chi connectivity index (χ1) is 9.42. The van der Waals surface area contributed by atoms with Crippen LogP contribution >= 0.6 is 0 Å². The Balaban J connectivity index is 2.95. The van der Waals surface area contributed by atoms with Crippen molar-refractivity contribution in [3.63, 3.8) is 0 Å². The number of amides is 2. The first-order valence-electron chi connectivity index (χ1n) is 5.87. The van der Waals surface area contributed by atoms with Crippen LogP contribution in [-0.2, 0) is 19.1 Å². The summed E-state index contributed by atoms with van der Waals surface area (Å²) in [7, 11) is 1.23. The zero-order valence-electron chi connectivity index (χ0n) is 11.5. The minimum Gasteiger partial charge on any atom is -0.464 e. The average molecular weight is 276 g/mol. The van der Waals surface area contributed by atoms with Gasteiger partial charge in [0.05, 0.1) is 7.11 Å². The van der Waals surface area contributed by atoms with Crippen molar-refractivity contribution in [2.45, 2.75) is 13.8 Å². The summed E-state index contributed by atoms with van der Waals surface area (Å²) in [5.74, 6) is -1.16. The first kappa shape index (κ1) is 15.4.